The molecule has 0 aliphatic carbocycles. The second kappa shape index (κ2) is 10.2. The molecule has 1 aromatic carbocycles. The molecule has 5 nitrogen and oxygen atoms in total. The number of nitrogens with zero attached hydrogens (tertiary/aromatic N) is 2. The first-order valence-corrected chi connectivity index (χ1v) is 9.32. The number of H-pyrrole nitrogens is 1. The minimum Gasteiger partial charge on any atom is -0.381 e. The third kappa shape index (κ3) is 5.13. The predicted molar refractivity (Wildman–Crippen MR) is 120 cm³/mol. The van der Waals surface area contributed by atoms with Gasteiger partial charge >= 0.3 is 0 Å². The topological polar surface area (TPSA) is 52.7 Å². The van der Waals surface area contributed by atoms with Crippen molar-refractivity contribution in [2.45, 2.75) is 26.7 Å². The summed E-state index contributed by atoms with van der Waals surface area (Å²) in [6.45, 7) is 8.71. The zero-order chi connectivity index (χ0) is 17.6. The van der Waals surface area contributed by atoms with Crippen molar-refractivity contribution >= 4 is 40.8 Å². The molecule has 1 fully saturated rings. The Morgan fingerprint density at radius 3 is 2.92 bits per heavy atom. The number of aromatic amines is 1. The Bertz CT molecular complexity index is 722. The number of rotatable bonds is 6. The van der Waals surface area contributed by atoms with Crippen molar-refractivity contribution in [3.05, 3.63) is 35.5 Å². The first-order chi connectivity index (χ1) is 12.2. The van der Waals surface area contributed by atoms with Crippen molar-refractivity contribution in [3.63, 3.8) is 0 Å². The van der Waals surface area contributed by atoms with Gasteiger partial charge in [0.15, 0.2) is 5.96 Å². The Hall–Kier alpha value is -1.28. The van der Waals surface area contributed by atoms with Crippen LogP contribution in [-0.4, -0.2) is 55.7 Å². The molecule has 1 atom stereocenters. The molecule has 2 N–H and O–H groups in total. The van der Waals surface area contributed by atoms with Crippen LogP contribution in [0.15, 0.2) is 29.3 Å². The fourth-order valence-corrected chi connectivity index (χ4v) is 3.60. The zero-order valence-corrected chi connectivity index (χ0v) is 18.4. The van der Waals surface area contributed by atoms with Gasteiger partial charge in [0, 0.05) is 55.8 Å². The lowest BCUT2D eigenvalue weighted by Gasteiger charge is -2.24. The van der Waals surface area contributed by atoms with Gasteiger partial charge in [-0.1, -0.05) is 18.2 Å². The van der Waals surface area contributed by atoms with Gasteiger partial charge in [-0.05, 0) is 38.3 Å². The fraction of sp³-hybridized carbons (Fsp3) is 0.550. The maximum atomic E-state index is 5.49. The van der Waals surface area contributed by atoms with Gasteiger partial charge in [0.1, 0.15) is 0 Å². The zero-order valence-electron chi connectivity index (χ0n) is 16.0. The summed E-state index contributed by atoms with van der Waals surface area (Å²) in [7, 11) is 2.12. The smallest absolute Gasteiger partial charge is 0.193 e. The number of halogens is 1. The number of guanidine groups is 1. The quantitative estimate of drug-likeness (QED) is 0.386. The molecule has 0 radical (unpaired) electrons. The van der Waals surface area contributed by atoms with E-state index in [0.29, 0.717) is 5.92 Å². The van der Waals surface area contributed by atoms with Crippen LogP contribution in [-0.2, 0) is 11.2 Å². The van der Waals surface area contributed by atoms with Crippen LogP contribution in [0.1, 0.15) is 24.6 Å². The molecule has 0 bridgehead atoms. The van der Waals surface area contributed by atoms with E-state index in [-0.39, 0.29) is 24.0 Å². The molecule has 1 aliphatic rings. The predicted octanol–water partition coefficient (Wildman–Crippen LogP) is 3.57. The largest absolute Gasteiger partial charge is 0.381 e. The first-order valence-electron chi connectivity index (χ1n) is 9.32. The van der Waals surface area contributed by atoms with Crippen LogP contribution in [0.2, 0.25) is 0 Å². The summed E-state index contributed by atoms with van der Waals surface area (Å²) < 4.78 is 5.49. The Kier molecular flexibility index (Phi) is 8.21. The highest BCUT2D eigenvalue weighted by Crippen LogP contribution is 2.22. The van der Waals surface area contributed by atoms with Crippen molar-refractivity contribution in [1.82, 2.24) is 15.2 Å². The van der Waals surface area contributed by atoms with Crippen LogP contribution in [0.25, 0.3) is 10.9 Å². The third-order valence-electron chi connectivity index (χ3n) is 4.90. The van der Waals surface area contributed by atoms with Gasteiger partial charge in [-0.25, -0.2) is 0 Å². The normalized spacial score (nSPS) is 17.3. The lowest BCUT2D eigenvalue weighted by Crippen LogP contribution is -2.41. The van der Waals surface area contributed by atoms with Crippen LogP contribution in [0.3, 0.4) is 0 Å². The van der Waals surface area contributed by atoms with Crippen molar-refractivity contribution in [2.24, 2.45) is 10.9 Å². The van der Waals surface area contributed by atoms with E-state index >= 15 is 0 Å². The van der Waals surface area contributed by atoms with E-state index in [1.165, 1.54) is 22.2 Å². The van der Waals surface area contributed by atoms with E-state index in [1.807, 2.05) is 0 Å². The maximum Gasteiger partial charge on any atom is 0.193 e. The van der Waals surface area contributed by atoms with Gasteiger partial charge in [-0.3, -0.25) is 4.99 Å². The number of aliphatic imine (C=N–C) groups is 1. The highest BCUT2D eigenvalue weighted by Gasteiger charge is 2.19. The molecular formula is C20H31IN4O. The molecular weight excluding hydrogens is 439 g/mol. The van der Waals surface area contributed by atoms with Crippen molar-refractivity contribution in [2.75, 3.05) is 39.9 Å². The standard InChI is InChI=1S/C20H30N4O.HI/c1-4-21-20(24(3)13-16-10-12-25-14-16)22-11-9-17-15(2)23-19-8-6-5-7-18(17)19;/h5-8,16,23H,4,9-14H2,1-3H3,(H,21,22);1H. The Balaban J connectivity index is 0.00000243. The fourth-order valence-electron chi connectivity index (χ4n) is 3.60. The van der Waals surface area contributed by atoms with Crippen molar-refractivity contribution in [3.8, 4) is 0 Å². The molecule has 0 amide bonds. The van der Waals surface area contributed by atoms with Gasteiger partial charge in [-0.15, -0.1) is 24.0 Å². The maximum absolute atomic E-state index is 5.49. The number of fused-ring (bicyclic) bond motifs is 1. The van der Waals surface area contributed by atoms with Gasteiger partial charge in [0.05, 0.1) is 6.61 Å². The van der Waals surface area contributed by atoms with Gasteiger partial charge in [0.25, 0.3) is 0 Å². The molecule has 0 saturated carbocycles. The molecule has 2 aromatic rings. The van der Waals surface area contributed by atoms with E-state index in [2.05, 4.69) is 60.4 Å². The van der Waals surface area contributed by atoms with E-state index in [0.717, 1.165) is 51.6 Å². The number of aromatic nitrogens is 1. The van der Waals surface area contributed by atoms with Gasteiger partial charge < -0.3 is 19.9 Å². The summed E-state index contributed by atoms with van der Waals surface area (Å²) in [4.78, 5) is 10.6. The molecule has 1 aromatic heterocycles. The molecule has 26 heavy (non-hydrogen) atoms. The molecule has 1 aliphatic heterocycles. The van der Waals surface area contributed by atoms with Crippen LogP contribution >= 0.6 is 24.0 Å². The summed E-state index contributed by atoms with van der Waals surface area (Å²) >= 11 is 0. The van der Waals surface area contributed by atoms with Crippen molar-refractivity contribution in [1.29, 1.82) is 0 Å². The molecule has 2 heterocycles. The number of ether oxygens (including phenoxy) is 1. The summed E-state index contributed by atoms with van der Waals surface area (Å²) in [6, 6.07) is 8.50. The molecule has 0 spiro atoms. The number of hydrogen-bond acceptors (Lipinski definition) is 2. The number of hydrogen-bond donors (Lipinski definition) is 2. The van der Waals surface area contributed by atoms with Crippen LogP contribution < -0.4 is 5.32 Å². The Labute approximate surface area is 173 Å². The second-order valence-electron chi connectivity index (χ2n) is 6.87. The minimum absolute atomic E-state index is 0. The van der Waals surface area contributed by atoms with Crippen LogP contribution in [0.4, 0.5) is 0 Å². The van der Waals surface area contributed by atoms with Crippen LogP contribution in [0, 0.1) is 12.8 Å². The summed E-state index contributed by atoms with van der Waals surface area (Å²) in [5, 5.41) is 4.73. The third-order valence-corrected chi connectivity index (χ3v) is 4.90. The SMILES string of the molecule is CCNC(=NCCc1c(C)[nH]c2ccccc12)N(C)CC1CCOC1.I. The first kappa shape index (κ1) is 21.0. The van der Waals surface area contributed by atoms with E-state index in [1.54, 1.807) is 0 Å². The molecule has 1 unspecified atom stereocenters. The van der Waals surface area contributed by atoms with E-state index < -0.39 is 0 Å². The van der Waals surface area contributed by atoms with E-state index in [9.17, 15) is 0 Å². The van der Waals surface area contributed by atoms with Gasteiger partial charge in [0.2, 0.25) is 0 Å². The lowest BCUT2D eigenvalue weighted by atomic mass is 10.1. The number of para-hydroxylation sites is 1. The number of benzene rings is 1. The Morgan fingerprint density at radius 1 is 1.38 bits per heavy atom. The second-order valence-corrected chi connectivity index (χ2v) is 6.87. The lowest BCUT2D eigenvalue weighted by molar-refractivity contribution is 0.181. The van der Waals surface area contributed by atoms with Crippen LogP contribution in [0.5, 0.6) is 0 Å². The van der Waals surface area contributed by atoms with Crippen molar-refractivity contribution < 1.29 is 4.74 Å². The van der Waals surface area contributed by atoms with Gasteiger partial charge in [-0.2, -0.15) is 0 Å². The molecule has 1 saturated heterocycles. The average Bonchev–Trinajstić information content (AvgIpc) is 3.22. The highest BCUT2D eigenvalue weighted by molar-refractivity contribution is 14.0. The number of nitrogens with one attached hydrogen (secondary N) is 2. The summed E-state index contributed by atoms with van der Waals surface area (Å²) in [5.41, 5.74) is 3.84. The number of aryl methyl sites for hydroxylation is 1. The molecule has 3 rings (SSSR count). The molecule has 144 valence electrons. The Morgan fingerprint density at radius 2 is 2.19 bits per heavy atom. The highest BCUT2D eigenvalue weighted by atomic mass is 127. The van der Waals surface area contributed by atoms with E-state index in [4.69, 9.17) is 9.73 Å². The molecule has 6 heteroatoms. The minimum atomic E-state index is 0. The average molecular weight is 470 g/mol. The monoisotopic (exact) mass is 470 g/mol. The summed E-state index contributed by atoms with van der Waals surface area (Å²) in [6.07, 6.45) is 2.10. The summed E-state index contributed by atoms with van der Waals surface area (Å²) in [5.74, 6) is 1.61.